The molecule has 0 aromatic carbocycles. The average Bonchev–Trinajstić information content (AvgIpc) is 3.01. The van der Waals surface area contributed by atoms with Crippen molar-refractivity contribution in [1.29, 1.82) is 0 Å². The van der Waals surface area contributed by atoms with E-state index in [1.54, 1.807) is 11.3 Å². The standard InChI is InChI=1S/C14H21N3S/c1-3-6-16-7-4-14-13(16)5-8-17(14)9-12-10-18-11(2)15-12/h3,10,13-14H,1,4-9H2,2H3/t13-,14+/m0/s1. The van der Waals surface area contributed by atoms with Crippen LogP contribution in [-0.4, -0.2) is 46.5 Å². The summed E-state index contributed by atoms with van der Waals surface area (Å²) in [4.78, 5) is 9.81. The Bertz CT molecular complexity index is 428. The average molecular weight is 263 g/mol. The highest BCUT2D eigenvalue weighted by molar-refractivity contribution is 7.09. The SMILES string of the molecule is C=CCN1CC[C@@H]2[C@@H]1CCN2Cc1csc(C)n1. The van der Waals surface area contributed by atoms with Crippen molar-refractivity contribution in [3.05, 3.63) is 28.7 Å². The molecule has 0 saturated carbocycles. The van der Waals surface area contributed by atoms with E-state index in [-0.39, 0.29) is 0 Å². The highest BCUT2D eigenvalue weighted by Crippen LogP contribution is 2.32. The molecule has 1 aromatic rings. The first kappa shape index (κ1) is 12.3. The lowest BCUT2D eigenvalue weighted by Crippen LogP contribution is -2.36. The number of hydrogen-bond donors (Lipinski definition) is 0. The number of thiazole rings is 1. The molecule has 0 bridgehead atoms. The molecule has 3 heterocycles. The van der Waals surface area contributed by atoms with E-state index in [0.29, 0.717) is 0 Å². The summed E-state index contributed by atoms with van der Waals surface area (Å²) in [6.07, 6.45) is 4.65. The predicted molar refractivity (Wildman–Crippen MR) is 75.8 cm³/mol. The van der Waals surface area contributed by atoms with Crippen molar-refractivity contribution in [3.63, 3.8) is 0 Å². The molecule has 2 fully saturated rings. The zero-order valence-electron chi connectivity index (χ0n) is 11.0. The molecule has 2 atom stereocenters. The monoisotopic (exact) mass is 263 g/mol. The molecular formula is C14H21N3S. The third-order valence-electron chi connectivity index (χ3n) is 4.20. The molecule has 0 spiro atoms. The Morgan fingerprint density at radius 2 is 2.11 bits per heavy atom. The second-order valence-electron chi connectivity index (χ2n) is 5.32. The van der Waals surface area contributed by atoms with Crippen LogP contribution in [0.5, 0.6) is 0 Å². The highest BCUT2D eigenvalue weighted by Gasteiger charge is 2.41. The second-order valence-corrected chi connectivity index (χ2v) is 6.39. The van der Waals surface area contributed by atoms with E-state index >= 15 is 0 Å². The van der Waals surface area contributed by atoms with Crippen molar-refractivity contribution >= 4 is 11.3 Å². The molecule has 98 valence electrons. The lowest BCUT2D eigenvalue weighted by atomic mass is 10.1. The molecular weight excluding hydrogens is 242 g/mol. The maximum absolute atomic E-state index is 4.59. The Morgan fingerprint density at radius 3 is 2.78 bits per heavy atom. The Labute approximate surface area is 113 Å². The quantitative estimate of drug-likeness (QED) is 0.777. The summed E-state index contributed by atoms with van der Waals surface area (Å²) in [7, 11) is 0. The van der Waals surface area contributed by atoms with E-state index in [9.17, 15) is 0 Å². The van der Waals surface area contributed by atoms with Gasteiger partial charge >= 0.3 is 0 Å². The van der Waals surface area contributed by atoms with Gasteiger partial charge in [0.25, 0.3) is 0 Å². The fourth-order valence-electron chi connectivity index (χ4n) is 3.44. The first-order chi connectivity index (χ1) is 8.78. The van der Waals surface area contributed by atoms with Crippen LogP contribution in [0.4, 0.5) is 0 Å². The number of rotatable bonds is 4. The Morgan fingerprint density at radius 1 is 1.39 bits per heavy atom. The summed E-state index contributed by atoms with van der Waals surface area (Å²) in [5.74, 6) is 0. The van der Waals surface area contributed by atoms with E-state index in [4.69, 9.17) is 0 Å². The van der Waals surface area contributed by atoms with E-state index in [2.05, 4.69) is 33.7 Å². The van der Waals surface area contributed by atoms with Gasteiger partial charge in [-0.15, -0.1) is 17.9 Å². The van der Waals surface area contributed by atoms with Crippen LogP contribution in [-0.2, 0) is 6.54 Å². The summed E-state index contributed by atoms with van der Waals surface area (Å²) in [5.41, 5.74) is 1.25. The molecule has 0 radical (unpaired) electrons. The molecule has 2 aliphatic heterocycles. The first-order valence-electron chi connectivity index (χ1n) is 6.78. The van der Waals surface area contributed by atoms with Crippen molar-refractivity contribution in [1.82, 2.24) is 14.8 Å². The largest absolute Gasteiger partial charge is 0.295 e. The zero-order chi connectivity index (χ0) is 12.5. The van der Waals surface area contributed by atoms with Gasteiger partial charge in [0.1, 0.15) is 0 Å². The van der Waals surface area contributed by atoms with Crippen molar-refractivity contribution < 1.29 is 0 Å². The Kier molecular flexibility index (Phi) is 3.50. The van der Waals surface area contributed by atoms with Gasteiger partial charge in [-0.1, -0.05) is 6.08 Å². The highest BCUT2D eigenvalue weighted by atomic mass is 32.1. The molecule has 0 N–H and O–H groups in total. The van der Waals surface area contributed by atoms with Crippen LogP contribution >= 0.6 is 11.3 Å². The maximum atomic E-state index is 4.59. The van der Waals surface area contributed by atoms with Crippen molar-refractivity contribution in [2.24, 2.45) is 0 Å². The topological polar surface area (TPSA) is 19.4 Å². The summed E-state index contributed by atoms with van der Waals surface area (Å²) in [6.45, 7) is 10.5. The third kappa shape index (κ3) is 2.25. The van der Waals surface area contributed by atoms with E-state index < -0.39 is 0 Å². The van der Waals surface area contributed by atoms with Crippen LogP contribution in [0.2, 0.25) is 0 Å². The number of aryl methyl sites for hydroxylation is 1. The van der Waals surface area contributed by atoms with Gasteiger partial charge in [-0.05, 0) is 19.8 Å². The van der Waals surface area contributed by atoms with Crippen LogP contribution in [0.15, 0.2) is 18.0 Å². The molecule has 1 aromatic heterocycles. The number of likely N-dealkylation sites (tertiary alicyclic amines) is 2. The molecule has 0 amide bonds. The Hall–Kier alpha value is -0.710. The van der Waals surface area contributed by atoms with Crippen LogP contribution in [0, 0.1) is 6.92 Å². The van der Waals surface area contributed by atoms with Crippen LogP contribution in [0.25, 0.3) is 0 Å². The fourth-order valence-corrected chi connectivity index (χ4v) is 4.05. The minimum atomic E-state index is 0.743. The van der Waals surface area contributed by atoms with E-state index in [1.807, 2.05) is 6.08 Å². The molecule has 3 nitrogen and oxygen atoms in total. The van der Waals surface area contributed by atoms with Crippen LogP contribution < -0.4 is 0 Å². The third-order valence-corrected chi connectivity index (χ3v) is 5.02. The number of fused-ring (bicyclic) bond motifs is 1. The van der Waals surface area contributed by atoms with E-state index in [1.165, 1.54) is 36.6 Å². The number of nitrogens with zero attached hydrogens (tertiary/aromatic N) is 3. The molecule has 2 aliphatic rings. The van der Waals surface area contributed by atoms with Gasteiger partial charge in [0.2, 0.25) is 0 Å². The van der Waals surface area contributed by atoms with Gasteiger partial charge in [0, 0.05) is 43.6 Å². The number of hydrogen-bond acceptors (Lipinski definition) is 4. The van der Waals surface area contributed by atoms with Gasteiger partial charge in [0.15, 0.2) is 0 Å². The maximum Gasteiger partial charge on any atom is 0.0897 e. The minimum absolute atomic E-state index is 0.743. The van der Waals surface area contributed by atoms with Crippen molar-refractivity contribution in [3.8, 4) is 0 Å². The number of aromatic nitrogens is 1. The van der Waals surface area contributed by atoms with Gasteiger partial charge < -0.3 is 0 Å². The van der Waals surface area contributed by atoms with Crippen LogP contribution in [0.1, 0.15) is 23.5 Å². The summed E-state index contributed by atoms with van der Waals surface area (Å²) in [5, 5.41) is 3.39. The van der Waals surface area contributed by atoms with Gasteiger partial charge in [0.05, 0.1) is 10.7 Å². The van der Waals surface area contributed by atoms with Crippen molar-refractivity contribution in [2.45, 2.75) is 38.4 Å². The molecule has 0 aliphatic carbocycles. The lowest BCUT2D eigenvalue weighted by molar-refractivity contribution is 0.224. The normalized spacial score (nSPS) is 28.7. The minimum Gasteiger partial charge on any atom is -0.295 e. The second kappa shape index (κ2) is 5.11. The van der Waals surface area contributed by atoms with Crippen molar-refractivity contribution in [2.75, 3.05) is 19.6 Å². The summed E-state index contributed by atoms with van der Waals surface area (Å²) >= 11 is 1.76. The predicted octanol–water partition coefficient (Wildman–Crippen LogP) is 2.29. The lowest BCUT2D eigenvalue weighted by Gasteiger charge is -2.24. The summed E-state index contributed by atoms with van der Waals surface area (Å²) < 4.78 is 0. The first-order valence-corrected chi connectivity index (χ1v) is 7.66. The molecule has 0 unspecified atom stereocenters. The van der Waals surface area contributed by atoms with E-state index in [0.717, 1.165) is 25.2 Å². The summed E-state index contributed by atoms with van der Waals surface area (Å²) in [6, 6.07) is 1.50. The van der Waals surface area contributed by atoms with Gasteiger partial charge in [-0.2, -0.15) is 0 Å². The molecule has 2 saturated heterocycles. The van der Waals surface area contributed by atoms with Gasteiger partial charge in [-0.25, -0.2) is 4.98 Å². The molecule has 18 heavy (non-hydrogen) atoms. The fraction of sp³-hybridized carbons (Fsp3) is 0.643. The van der Waals surface area contributed by atoms with Crippen LogP contribution in [0.3, 0.4) is 0 Å². The smallest absolute Gasteiger partial charge is 0.0897 e. The zero-order valence-corrected chi connectivity index (χ0v) is 11.8. The van der Waals surface area contributed by atoms with Gasteiger partial charge in [-0.3, -0.25) is 9.80 Å². The molecule has 4 heteroatoms. The Balaban J connectivity index is 1.64. The molecule has 3 rings (SSSR count).